The fourth-order valence-corrected chi connectivity index (χ4v) is 3.67. The van der Waals surface area contributed by atoms with E-state index in [4.69, 9.17) is 4.74 Å². The summed E-state index contributed by atoms with van der Waals surface area (Å²) < 4.78 is 5.90. The fraction of sp³-hybridized carbons (Fsp3) is 0.185. The van der Waals surface area contributed by atoms with E-state index in [1.165, 1.54) is 16.5 Å². The van der Waals surface area contributed by atoms with Crippen molar-refractivity contribution in [3.05, 3.63) is 114 Å². The molecule has 0 saturated carbocycles. The van der Waals surface area contributed by atoms with Crippen LogP contribution >= 0.6 is 0 Å². The van der Waals surface area contributed by atoms with Crippen LogP contribution in [0.2, 0.25) is 0 Å². The van der Waals surface area contributed by atoms with E-state index in [1.54, 1.807) is 0 Å². The molecule has 0 bridgehead atoms. The Morgan fingerprint density at radius 1 is 0.667 bits per heavy atom. The number of nitrogens with zero attached hydrogens (tertiary/aromatic N) is 1. The molecule has 0 amide bonds. The summed E-state index contributed by atoms with van der Waals surface area (Å²) in [5.74, 6) is 0.783. The summed E-state index contributed by atoms with van der Waals surface area (Å²) in [5.41, 5.74) is 2.46. The molecule has 3 heteroatoms. The highest BCUT2D eigenvalue weighted by Gasteiger charge is 2.14. The second kappa shape index (κ2) is 10.1. The van der Waals surface area contributed by atoms with Crippen molar-refractivity contribution in [2.24, 2.45) is 0 Å². The summed E-state index contributed by atoms with van der Waals surface area (Å²) in [7, 11) is 0. The van der Waals surface area contributed by atoms with Crippen molar-refractivity contribution < 1.29 is 9.84 Å². The topological polar surface area (TPSA) is 32.7 Å². The van der Waals surface area contributed by atoms with E-state index in [0.29, 0.717) is 6.54 Å². The molecule has 0 spiro atoms. The van der Waals surface area contributed by atoms with E-state index in [2.05, 4.69) is 65.6 Å². The average Bonchev–Trinajstić information content (AvgIpc) is 2.79. The molecule has 0 aromatic heterocycles. The molecule has 4 aromatic carbocycles. The maximum Gasteiger partial charge on any atom is 0.120 e. The largest absolute Gasteiger partial charge is 0.491 e. The molecule has 4 rings (SSSR count). The Hall–Kier alpha value is -3.14. The van der Waals surface area contributed by atoms with Crippen LogP contribution in [-0.2, 0) is 13.1 Å². The molecule has 0 unspecified atom stereocenters. The van der Waals surface area contributed by atoms with Gasteiger partial charge in [-0.1, -0.05) is 91.0 Å². The first kappa shape index (κ1) is 20.1. The van der Waals surface area contributed by atoms with Gasteiger partial charge in [0.2, 0.25) is 0 Å². The number of fused-ring (bicyclic) bond motifs is 1. The Morgan fingerprint density at radius 3 is 1.87 bits per heavy atom. The molecule has 0 aliphatic heterocycles. The first-order chi connectivity index (χ1) is 14.8. The maximum absolute atomic E-state index is 10.7. The second-order valence-electron chi connectivity index (χ2n) is 7.61. The van der Waals surface area contributed by atoms with Crippen LogP contribution < -0.4 is 4.74 Å². The first-order valence-electron chi connectivity index (χ1n) is 10.4. The van der Waals surface area contributed by atoms with Crippen molar-refractivity contribution in [1.29, 1.82) is 0 Å². The van der Waals surface area contributed by atoms with Crippen molar-refractivity contribution in [2.45, 2.75) is 19.2 Å². The maximum atomic E-state index is 10.7. The summed E-state index contributed by atoms with van der Waals surface area (Å²) >= 11 is 0. The van der Waals surface area contributed by atoms with Gasteiger partial charge in [-0.25, -0.2) is 0 Å². The van der Waals surface area contributed by atoms with Crippen molar-refractivity contribution in [3.63, 3.8) is 0 Å². The molecule has 0 fully saturated rings. The number of hydrogen-bond donors (Lipinski definition) is 1. The average molecular weight is 398 g/mol. The minimum atomic E-state index is -0.580. The third-order valence-corrected chi connectivity index (χ3v) is 5.13. The summed E-state index contributed by atoms with van der Waals surface area (Å²) in [6, 6.07) is 35.0. The van der Waals surface area contributed by atoms with E-state index >= 15 is 0 Å². The molecule has 152 valence electrons. The van der Waals surface area contributed by atoms with Crippen LogP contribution in [-0.4, -0.2) is 29.3 Å². The highest BCUT2D eigenvalue weighted by molar-refractivity contribution is 5.83. The van der Waals surface area contributed by atoms with E-state index in [1.807, 2.05) is 42.5 Å². The number of ether oxygens (including phenoxy) is 1. The molecule has 0 aliphatic carbocycles. The lowest BCUT2D eigenvalue weighted by molar-refractivity contribution is 0.0629. The van der Waals surface area contributed by atoms with Gasteiger partial charge in [-0.3, -0.25) is 4.90 Å². The first-order valence-corrected chi connectivity index (χ1v) is 10.4. The molecule has 0 saturated heterocycles. The minimum Gasteiger partial charge on any atom is -0.491 e. The lowest BCUT2D eigenvalue weighted by atomic mass is 10.1. The van der Waals surface area contributed by atoms with Crippen LogP contribution in [0.25, 0.3) is 10.8 Å². The zero-order chi connectivity index (χ0) is 20.6. The van der Waals surface area contributed by atoms with E-state index in [0.717, 1.165) is 24.2 Å². The molecule has 4 aromatic rings. The van der Waals surface area contributed by atoms with Crippen molar-refractivity contribution in [1.82, 2.24) is 4.90 Å². The van der Waals surface area contributed by atoms with E-state index < -0.39 is 6.10 Å². The quantitative estimate of drug-likeness (QED) is 0.417. The molecular weight excluding hydrogens is 370 g/mol. The summed E-state index contributed by atoms with van der Waals surface area (Å²) in [5, 5.41) is 13.0. The van der Waals surface area contributed by atoms with Crippen molar-refractivity contribution in [3.8, 4) is 5.75 Å². The Balaban J connectivity index is 1.39. The summed E-state index contributed by atoms with van der Waals surface area (Å²) in [6.07, 6.45) is -0.580. The van der Waals surface area contributed by atoms with Crippen LogP contribution in [0.4, 0.5) is 0 Å². The van der Waals surface area contributed by atoms with E-state index in [-0.39, 0.29) is 6.61 Å². The molecule has 0 aliphatic rings. The number of aliphatic hydroxyl groups excluding tert-OH is 1. The van der Waals surface area contributed by atoms with Gasteiger partial charge in [0.1, 0.15) is 18.5 Å². The SMILES string of the molecule is O[C@H](COc1ccc2ccccc2c1)CN(Cc1ccccc1)Cc1ccccc1. The van der Waals surface area contributed by atoms with Crippen LogP contribution in [0.3, 0.4) is 0 Å². The van der Waals surface area contributed by atoms with Crippen molar-refractivity contribution >= 4 is 10.8 Å². The van der Waals surface area contributed by atoms with Gasteiger partial charge in [0, 0.05) is 19.6 Å². The standard InChI is InChI=1S/C27H27NO2/c29-26(21-30-27-16-15-24-13-7-8-14-25(24)17-27)20-28(18-22-9-3-1-4-10-22)19-23-11-5-2-6-12-23/h1-17,26,29H,18-21H2/t26-/m0/s1. The molecule has 3 nitrogen and oxygen atoms in total. The highest BCUT2D eigenvalue weighted by Crippen LogP contribution is 2.21. The molecule has 1 N–H and O–H groups in total. The Morgan fingerprint density at radius 2 is 1.23 bits per heavy atom. The predicted octanol–water partition coefficient (Wildman–Crippen LogP) is 5.28. The molecular formula is C27H27NO2. The third-order valence-electron chi connectivity index (χ3n) is 5.13. The molecule has 30 heavy (non-hydrogen) atoms. The van der Waals surface area contributed by atoms with Gasteiger partial charge in [-0.05, 0) is 34.0 Å². The van der Waals surface area contributed by atoms with Crippen LogP contribution in [0.1, 0.15) is 11.1 Å². The zero-order valence-corrected chi connectivity index (χ0v) is 17.0. The van der Waals surface area contributed by atoms with Crippen LogP contribution in [0.15, 0.2) is 103 Å². The van der Waals surface area contributed by atoms with Gasteiger partial charge in [-0.2, -0.15) is 0 Å². The lowest BCUT2D eigenvalue weighted by Gasteiger charge is -2.25. The Kier molecular flexibility index (Phi) is 6.75. The van der Waals surface area contributed by atoms with Gasteiger partial charge in [0.15, 0.2) is 0 Å². The van der Waals surface area contributed by atoms with Crippen LogP contribution in [0.5, 0.6) is 5.75 Å². The summed E-state index contributed by atoms with van der Waals surface area (Å²) in [4.78, 5) is 2.26. The normalized spacial score (nSPS) is 12.2. The number of hydrogen-bond acceptors (Lipinski definition) is 3. The molecule has 1 atom stereocenters. The Labute approximate surface area is 178 Å². The van der Waals surface area contributed by atoms with Crippen molar-refractivity contribution in [2.75, 3.05) is 13.2 Å². The van der Waals surface area contributed by atoms with Gasteiger partial charge >= 0.3 is 0 Å². The third kappa shape index (κ3) is 5.69. The number of rotatable bonds is 9. The highest BCUT2D eigenvalue weighted by atomic mass is 16.5. The van der Waals surface area contributed by atoms with Gasteiger partial charge < -0.3 is 9.84 Å². The zero-order valence-electron chi connectivity index (χ0n) is 17.0. The second-order valence-corrected chi connectivity index (χ2v) is 7.61. The van der Waals surface area contributed by atoms with Gasteiger partial charge in [-0.15, -0.1) is 0 Å². The molecule has 0 heterocycles. The van der Waals surface area contributed by atoms with Crippen LogP contribution in [0, 0.1) is 0 Å². The number of benzene rings is 4. The smallest absolute Gasteiger partial charge is 0.120 e. The van der Waals surface area contributed by atoms with Gasteiger partial charge in [0.25, 0.3) is 0 Å². The summed E-state index contributed by atoms with van der Waals surface area (Å²) in [6.45, 7) is 2.36. The molecule has 0 radical (unpaired) electrons. The number of aliphatic hydroxyl groups is 1. The minimum absolute atomic E-state index is 0.262. The van der Waals surface area contributed by atoms with Gasteiger partial charge in [0.05, 0.1) is 0 Å². The lowest BCUT2D eigenvalue weighted by Crippen LogP contribution is -2.35. The Bertz CT molecular complexity index is 1010. The van der Waals surface area contributed by atoms with E-state index in [9.17, 15) is 5.11 Å². The monoisotopic (exact) mass is 397 g/mol. The fourth-order valence-electron chi connectivity index (χ4n) is 3.67. The predicted molar refractivity (Wildman–Crippen MR) is 122 cm³/mol.